The lowest BCUT2D eigenvalue weighted by Crippen LogP contribution is -2.48. The van der Waals surface area contributed by atoms with Gasteiger partial charge in [0, 0.05) is 19.0 Å². The number of likely N-dealkylation sites (tertiary alicyclic amines) is 1. The first-order chi connectivity index (χ1) is 12.2. The van der Waals surface area contributed by atoms with Gasteiger partial charge in [0.1, 0.15) is 5.82 Å². The number of benzene rings is 1. The molecule has 25 heavy (non-hydrogen) atoms. The smallest absolute Gasteiger partial charge is 0.237 e. The standard InChI is InChI=1S/C20H26N4O/c1-3-11-21-20(25)15(2)24-12-7-10-17(14-24)19-22-13-18(23-19)16-8-5-4-6-9-16/h3-6,8-9,13,15,17H,1,7,10-12,14H2,2H3,(H,21,25)(H,22,23)/t15-,17+/m0/s1. The Hall–Kier alpha value is -2.40. The summed E-state index contributed by atoms with van der Waals surface area (Å²) in [6, 6.07) is 10.1. The van der Waals surface area contributed by atoms with Gasteiger partial charge < -0.3 is 10.3 Å². The number of piperidine rings is 1. The first kappa shape index (κ1) is 17.4. The highest BCUT2D eigenvalue weighted by Crippen LogP contribution is 2.28. The Morgan fingerprint density at radius 1 is 1.48 bits per heavy atom. The first-order valence-electron chi connectivity index (χ1n) is 8.92. The fraction of sp³-hybridized carbons (Fsp3) is 0.400. The van der Waals surface area contributed by atoms with E-state index in [1.54, 1.807) is 6.08 Å². The number of aromatic nitrogens is 2. The topological polar surface area (TPSA) is 61.0 Å². The van der Waals surface area contributed by atoms with Crippen LogP contribution in [0.1, 0.15) is 31.5 Å². The summed E-state index contributed by atoms with van der Waals surface area (Å²) in [7, 11) is 0. The van der Waals surface area contributed by atoms with E-state index in [0.717, 1.165) is 43.0 Å². The second kappa shape index (κ2) is 8.12. The number of carbonyl (C=O) groups is 1. The van der Waals surface area contributed by atoms with Gasteiger partial charge in [0.15, 0.2) is 0 Å². The quantitative estimate of drug-likeness (QED) is 0.796. The minimum Gasteiger partial charge on any atom is -0.351 e. The number of hydrogen-bond donors (Lipinski definition) is 2. The van der Waals surface area contributed by atoms with Crippen molar-refractivity contribution < 1.29 is 4.79 Å². The first-order valence-corrected chi connectivity index (χ1v) is 8.92. The van der Waals surface area contributed by atoms with E-state index >= 15 is 0 Å². The zero-order chi connectivity index (χ0) is 17.6. The highest BCUT2D eigenvalue weighted by atomic mass is 16.2. The molecule has 1 aromatic carbocycles. The third-order valence-corrected chi connectivity index (χ3v) is 4.87. The van der Waals surface area contributed by atoms with Gasteiger partial charge >= 0.3 is 0 Å². The molecule has 5 heteroatoms. The van der Waals surface area contributed by atoms with Gasteiger partial charge in [0.25, 0.3) is 0 Å². The number of carbonyl (C=O) groups excluding carboxylic acids is 1. The lowest BCUT2D eigenvalue weighted by molar-refractivity contribution is -0.126. The molecule has 3 rings (SSSR count). The van der Waals surface area contributed by atoms with Crippen molar-refractivity contribution in [2.45, 2.75) is 31.7 Å². The molecule has 1 saturated heterocycles. The summed E-state index contributed by atoms with van der Waals surface area (Å²) < 4.78 is 0. The molecule has 2 N–H and O–H groups in total. The van der Waals surface area contributed by atoms with Crippen LogP contribution in [0.5, 0.6) is 0 Å². The van der Waals surface area contributed by atoms with E-state index in [2.05, 4.69) is 38.9 Å². The lowest BCUT2D eigenvalue weighted by Gasteiger charge is -2.35. The summed E-state index contributed by atoms with van der Waals surface area (Å²) in [6.45, 7) is 7.93. The number of hydrogen-bond acceptors (Lipinski definition) is 3. The molecule has 0 unspecified atom stereocenters. The maximum Gasteiger partial charge on any atom is 0.237 e. The number of nitrogens with zero attached hydrogens (tertiary/aromatic N) is 2. The van der Waals surface area contributed by atoms with Gasteiger partial charge in [-0.3, -0.25) is 9.69 Å². The second-order valence-electron chi connectivity index (χ2n) is 6.59. The van der Waals surface area contributed by atoms with Gasteiger partial charge in [0.05, 0.1) is 17.9 Å². The van der Waals surface area contributed by atoms with E-state index in [1.807, 2.05) is 31.3 Å². The molecule has 0 saturated carbocycles. The zero-order valence-electron chi connectivity index (χ0n) is 14.7. The predicted octanol–water partition coefficient (Wildman–Crippen LogP) is 2.95. The number of amides is 1. The van der Waals surface area contributed by atoms with Gasteiger partial charge in [0.2, 0.25) is 5.91 Å². The molecule has 1 amide bonds. The summed E-state index contributed by atoms with van der Waals surface area (Å²) in [6.07, 6.45) is 5.78. The Morgan fingerprint density at radius 2 is 2.28 bits per heavy atom. The van der Waals surface area contributed by atoms with E-state index in [9.17, 15) is 4.79 Å². The molecule has 0 spiro atoms. The van der Waals surface area contributed by atoms with Gasteiger partial charge in [-0.25, -0.2) is 4.98 Å². The summed E-state index contributed by atoms with van der Waals surface area (Å²) >= 11 is 0. The maximum absolute atomic E-state index is 12.2. The molecular weight excluding hydrogens is 312 g/mol. The van der Waals surface area contributed by atoms with Crippen LogP contribution in [0.4, 0.5) is 0 Å². The van der Waals surface area contributed by atoms with Crippen molar-refractivity contribution in [1.82, 2.24) is 20.2 Å². The lowest BCUT2D eigenvalue weighted by atomic mass is 9.96. The summed E-state index contributed by atoms with van der Waals surface area (Å²) in [5.74, 6) is 1.41. The summed E-state index contributed by atoms with van der Waals surface area (Å²) in [4.78, 5) is 22.5. The van der Waals surface area contributed by atoms with Crippen LogP contribution in [-0.4, -0.2) is 46.5 Å². The zero-order valence-corrected chi connectivity index (χ0v) is 14.7. The SMILES string of the molecule is C=CCNC(=O)[C@H](C)N1CCC[C@@H](c2ncc(-c3ccccc3)[nH]2)C1. The molecule has 0 bridgehead atoms. The highest BCUT2D eigenvalue weighted by Gasteiger charge is 2.29. The van der Waals surface area contributed by atoms with Crippen molar-refractivity contribution >= 4 is 5.91 Å². The Bertz CT molecular complexity index is 709. The van der Waals surface area contributed by atoms with Crippen molar-refractivity contribution in [3.05, 3.63) is 55.0 Å². The molecule has 1 aliphatic heterocycles. The fourth-order valence-electron chi connectivity index (χ4n) is 3.38. The van der Waals surface area contributed by atoms with Gasteiger partial charge in [-0.1, -0.05) is 36.4 Å². The van der Waals surface area contributed by atoms with Gasteiger partial charge in [-0.15, -0.1) is 6.58 Å². The molecular formula is C20H26N4O. The van der Waals surface area contributed by atoms with E-state index in [-0.39, 0.29) is 11.9 Å². The molecule has 5 nitrogen and oxygen atoms in total. The average molecular weight is 338 g/mol. The Kier molecular flexibility index (Phi) is 5.66. The summed E-state index contributed by atoms with van der Waals surface area (Å²) in [5, 5.41) is 2.89. The van der Waals surface area contributed by atoms with Crippen LogP contribution in [0.3, 0.4) is 0 Å². The van der Waals surface area contributed by atoms with E-state index < -0.39 is 0 Å². The average Bonchev–Trinajstić information content (AvgIpc) is 3.16. The minimum atomic E-state index is -0.133. The monoisotopic (exact) mass is 338 g/mol. The predicted molar refractivity (Wildman–Crippen MR) is 100 cm³/mol. The van der Waals surface area contributed by atoms with Gasteiger partial charge in [-0.05, 0) is 31.9 Å². The van der Waals surface area contributed by atoms with Crippen molar-refractivity contribution in [3.8, 4) is 11.3 Å². The molecule has 0 aliphatic carbocycles. The Morgan fingerprint density at radius 3 is 3.04 bits per heavy atom. The van der Waals surface area contributed by atoms with Crippen LogP contribution < -0.4 is 5.32 Å². The maximum atomic E-state index is 12.2. The number of H-pyrrole nitrogens is 1. The molecule has 2 heterocycles. The van der Waals surface area contributed by atoms with Crippen LogP contribution in [0.25, 0.3) is 11.3 Å². The van der Waals surface area contributed by atoms with E-state index in [0.29, 0.717) is 12.5 Å². The molecule has 0 radical (unpaired) electrons. The highest BCUT2D eigenvalue weighted by molar-refractivity contribution is 5.81. The summed E-state index contributed by atoms with van der Waals surface area (Å²) in [5.41, 5.74) is 2.19. The van der Waals surface area contributed by atoms with Gasteiger partial charge in [-0.2, -0.15) is 0 Å². The van der Waals surface area contributed by atoms with Crippen LogP contribution in [-0.2, 0) is 4.79 Å². The van der Waals surface area contributed by atoms with Crippen LogP contribution in [0.2, 0.25) is 0 Å². The van der Waals surface area contributed by atoms with Crippen molar-refractivity contribution in [2.24, 2.45) is 0 Å². The third kappa shape index (κ3) is 4.17. The van der Waals surface area contributed by atoms with Crippen molar-refractivity contribution in [2.75, 3.05) is 19.6 Å². The van der Waals surface area contributed by atoms with Crippen molar-refractivity contribution in [3.63, 3.8) is 0 Å². The third-order valence-electron chi connectivity index (χ3n) is 4.87. The molecule has 1 aliphatic rings. The molecule has 1 aromatic heterocycles. The number of nitrogens with one attached hydrogen (secondary N) is 2. The Labute approximate surface area is 149 Å². The number of aromatic amines is 1. The number of imidazole rings is 1. The molecule has 2 aromatic rings. The minimum absolute atomic E-state index is 0.0602. The normalized spacial score (nSPS) is 19.3. The number of rotatable bonds is 6. The molecule has 1 fully saturated rings. The van der Waals surface area contributed by atoms with Crippen LogP contribution >= 0.6 is 0 Å². The van der Waals surface area contributed by atoms with E-state index in [4.69, 9.17) is 0 Å². The Balaban J connectivity index is 1.66. The van der Waals surface area contributed by atoms with Crippen LogP contribution in [0, 0.1) is 0 Å². The molecule has 2 atom stereocenters. The second-order valence-corrected chi connectivity index (χ2v) is 6.59. The van der Waals surface area contributed by atoms with Crippen molar-refractivity contribution in [1.29, 1.82) is 0 Å². The largest absolute Gasteiger partial charge is 0.351 e. The van der Waals surface area contributed by atoms with Crippen LogP contribution in [0.15, 0.2) is 49.2 Å². The molecule has 132 valence electrons. The van der Waals surface area contributed by atoms with E-state index in [1.165, 1.54) is 0 Å². The fourth-order valence-corrected chi connectivity index (χ4v) is 3.38.